The molecule has 0 spiro atoms. The van der Waals surface area contributed by atoms with Crippen LogP contribution in [0.2, 0.25) is 0 Å². The lowest BCUT2D eigenvalue weighted by atomic mass is 9.94. The second-order valence-electron chi connectivity index (χ2n) is 7.94. The van der Waals surface area contributed by atoms with Crippen LogP contribution < -0.4 is 4.74 Å². The van der Waals surface area contributed by atoms with Gasteiger partial charge in [-0.25, -0.2) is 18.6 Å². The van der Waals surface area contributed by atoms with Gasteiger partial charge in [0.05, 0.1) is 13.3 Å². The van der Waals surface area contributed by atoms with Crippen molar-refractivity contribution < 1.29 is 31.8 Å². The van der Waals surface area contributed by atoms with Crippen LogP contribution in [0.4, 0.5) is 13.6 Å². The van der Waals surface area contributed by atoms with Crippen LogP contribution in [0.5, 0.6) is 5.75 Å². The SMILES string of the molecule is CCN(C(=O)O)S(=O)(=O)N1CCC(c2cc3c(-c4cc(F)ccc4OC)c(F)cnc3[nH]2)CC1. The molecule has 1 fully saturated rings. The summed E-state index contributed by atoms with van der Waals surface area (Å²) in [7, 11) is -2.70. The van der Waals surface area contributed by atoms with Gasteiger partial charge < -0.3 is 14.8 Å². The topological polar surface area (TPSA) is 116 Å². The van der Waals surface area contributed by atoms with E-state index >= 15 is 0 Å². The standard InChI is InChI=1S/C22H24F2N4O5S/c1-3-28(22(29)30)34(31,32)27-8-6-13(7-9-27)18-11-16-20(17(24)12-25-21(16)26-18)15-10-14(23)4-5-19(15)33-2/h4-5,10-13H,3,6-9H2,1-2H3,(H,25,26)(H,29,30). The summed E-state index contributed by atoms with van der Waals surface area (Å²) in [6, 6.07) is 5.61. The van der Waals surface area contributed by atoms with E-state index in [1.807, 2.05) is 0 Å². The van der Waals surface area contributed by atoms with E-state index in [1.165, 1.54) is 32.2 Å². The molecule has 3 heterocycles. The number of methoxy groups -OCH3 is 1. The maximum Gasteiger partial charge on any atom is 0.422 e. The number of carboxylic acid groups (broad SMARTS) is 1. The summed E-state index contributed by atoms with van der Waals surface area (Å²) in [6.07, 6.45) is 0.408. The number of amides is 1. The second-order valence-corrected chi connectivity index (χ2v) is 9.79. The molecule has 0 radical (unpaired) electrons. The third-order valence-corrected chi connectivity index (χ3v) is 8.05. The first kappa shape index (κ1) is 23.9. The van der Waals surface area contributed by atoms with Gasteiger partial charge in [-0.1, -0.05) is 0 Å². The molecule has 9 nitrogen and oxygen atoms in total. The Morgan fingerprint density at radius 1 is 1.29 bits per heavy atom. The number of piperidine rings is 1. The van der Waals surface area contributed by atoms with Crippen molar-refractivity contribution >= 4 is 27.3 Å². The summed E-state index contributed by atoms with van der Waals surface area (Å²) >= 11 is 0. The van der Waals surface area contributed by atoms with Crippen molar-refractivity contribution in [1.29, 1.82) is 0 Å². The Hall–Kier alpha value is -3.25. The van der Waals surface area contributed by atoms with Crippen LogP contribution >= 0.6 is 0 Å². The number of ether oxygens (including phenoxy) is 1. The highest BCUT2D eigenvalue weighted by Gasteiger charge is 2.35. The molecule has 1 amide bonds. The Bertz CT molecular complexity index is 1340. The monoisotopic (exact) mass is 494 g/mol. The highest BCUT2D eigenvalue weighted by molar-refractivity contribution is 7.87. The number of nitrogens with zero attached hydrogens (tertiary/aromatic N) is 3. The van der Waals surface area contributed by atoms with E-state index in [-0.39, 0.29) is 36.7 Å². The molecule has 0 bridgehead atoms. The van der Waals surface area contributed by atoms with Crippen LogP contribution in [0.3, 0.4) is 0 Å². The van der Waals surface area contributed by atoms with Crippen LogP contribution in [0.25, 0.3) is 22.2 Å². The molecule has 0 unspecified atom stereocenters. The predicted octanol–water partition coefficient (Wildman–Crippen LogP) is 3.94. The van der Waals surface area contributed by atoms with Gasteiger partial charge in [0, 0.05) is 47.8 Å². The van der Waals surface area contributed by atoms with Gasteiger partial charge in [-0.2, -0.15) is 17.0 Å². The van der Waals surface area contributed by atoms with Crippen molar-refractivity contribution in [2.75, 3.05) is 26.7 Å². The lowest BCUT2D eigenvalue weighted by molar-refractivity contribution is 0.169. The molecule has 1 aromatic carbocycles. The molecule has 0 aliphatic carbocycles. The quantitative estimate of drug-likeness (QED) is 0.536. The molecule has 2 aromatic heterocycles. The van der Waals surface area contributed by atoms with Gasteiger partial charge in [-0.3, -0.25) is 0 Å². The summed E-state index contributed by atoms with van der Waals surface area (Å²) in [5.74, 6) is -0.929. The van der Waals surface area contributed by atoms with E-state index in [1.54, 1.807) is 6.07 Å². The fourth-order valence-electron chi connectivity index (χ4n) is 4.37. The summed E-state index contributed by atoms with van der Waals surface area (Å²) < 4.78 is 61.0. The van der Waals surface area contributed by atoms with Crippen molar-refractivity contribution in [2.45, 2.75) is 25.7 Å². The molecule has 1 aliphatic rings. The highest BCUT2D eigenvalue weighted by Crippen LogP contribution is 2.39. The number of rotatable bonds is 6. The number of halogens is 2. The maximum absolute atomic E-state index is 14.9. The van der Waals surface area contributed by atoms with E-state index in [2.05, 4.69) is 9.97 Å². The number of aromatic nitrogens is 2. The van der Waals surface area contributed by atoms with Crippen LogP contribution in [0.15, 0.2) is 30.5 Å². The summed E-state index contributed by atoms with van der Waals surface area (Å²) in [6.45, 7) is 1.56. The Kier molecular flexibility index (Phi) is 6.45. The molecule has 2 N–H and O–H groups in total. The number of pyridine rings is 1. The summed E-state index contributed by atoms with van der Waals surface area (Å²) in [5, 5.41) is 9.65. The first-order chi connectivity index (χ1) is 16.2. The van der Waals surface area contributed by atoms with Crippen molar-refractivity contribution in [3.63, 3.8) is 0 Å². The van der Waals surface area contributed by atoms with Gasteiger partial charge in [0.1, 0.15) is 23.0 Å². The Labute approximate surface area is 195 Å². The Morgan fingerprint density at radius 2 is 2.00 bits per heavy atom. The first-order valence-corrected chi connectivity index (χ1v) is 12.1. The lowest BCUT2D eigenvalue weighted by Gasteiger charge is -2.33. The van der Waals surface area contributed by atoms with Crippen LogP contribution in [0, 0.1) is 11.6 Å². The number of benzene rings is 1. The third-order valence-electron chi connectivity index (χ3n) is 6.06. The van der Waals surface area contributed by atoms with Gasteiger partial charge in [0.15, 0.2) is 0 Å². The first-order valence-electron chi connectivity index (χ1n) is 10.7. The molecule has 34 heavy (non-hydrogen) atoms. The van der Waals surface area contributed by atoms with E-state index in [4.69, 9.17) is 4.74 Å². The molecule has 182 valence electrons. The molecule has 1 aliphatic heterocycles. The number of carbonyl (C=O) groups is 1. The fraction of sp³-hybridized carbons (Fsp3) is 0.364. The highest BCUT2D eigenvalue weighted by atomic mass is 32.2. The number of hydrogen-bond acceptors (Lipinski definition) is 5. The van der Waals surface area contributed by atoms with Crippen LogP contribution in [-0.2, 0) is 10.2 Å². The molecule has 12 heteroatoms. The number of hydrogen-bond donors (Lipinski definition) is 2. The third kappa shape index (κ3) is 4.18. The second kappa shape index (κ2) is 9.18. The van der Waals surface area contributed by atoms with Crippen molar-refractivity contribution in [3.8, 4) is 16.9 Å². The van der Waals surface area contributed by atoms with Gasteiger partial charge in [-0.15, -0.1) is 0 Å². The molecule has 3 aromatic rings. The molecular weight excluding hydrogens is 470 g/mol. The average Bonchev–Trinajstić information content (AvgIpc) is 3.23. The van der Waals surface area contributed by atoms with E-state index in [9.17, 15) is 27.1 Å². The number of H-pyrrole nitrogens is 1. The molecule has 1 saturated heterocycles. The average molecular weight is 495 g/mol. The predicted molar refractivity (Wildman–Crippen MR) is 121 cm³/mol. The van der Waals surface area contributed by atoms with Crippen molar-refractivity contribution in [2.24, 2.45) is 0 Å². The zero-order valence-corrected chi connectivity index (χ0v) is 19.4. The van der Waals surface area contributed by atoms with E-state index < -0.39 is 27.9 Å². The minimum Gasteiger partial charge on any atom is -0.496 e. The molecule has 4 rings (SSSR count). The largest absolute Gasteiger partial charge is 0.496 e. The zero-order valence-electron chi connectivity index (χ0n) is 18.6. The van der Waals surface area contributed by atoms with Gasteiger partial charge in [-0.05, 0) is 44.0 Å². The molecule has 0 atom stereocenters. The Balaban J connectivity index is 1.64. The summed E-state index contributed by atoms with van der Waals surface area (Å²) in [4.78, 5) is 18.6. The zero-order chi connectivity index (χ0) is 24.6. The van der Waals surface area contributed by atoms with E-state index in [0.29, 0.717) is 33.9 Å². The number of aromatic amines is 1. The van der Waals surface area contributed by atoms with Gasteiger partial charge in [0.25, 0.3) is 0 Å². The van der Waals surface area contributed by atoms with Crippen molar-refractivity contribution in [3.05, 3.63) is 47.8 Å². The van der Waals surface area contributed by atoms with Gasteiger partial charge >= 0.3 is 16.3 Å². The van der Waals surface area contributed by atoms with Crippen LogP contribution in [0.1, 0.15) is 31.4 Å². The Morgan fingerprint density at radius 3 is 2.62 bits per heavy atom. The minimum atomic E-state index is -4.12. The van der Waals surface area contributed by atoms with E-state index in [0.717, 1.165) is 16.2 Å². The molecular formula is C22H24F2N4O5S. The van der Waals surface area contributed by atoms with Gasteiger partial charge in [0.2, 0.25) is 0 Å². The smallest absolute Gasteiger partial charge is 0.422 e. The fourth-order valence-corrected chi connectivity index (χ4v) is 5.85. The summed E-state index contributed by atoms with van der Waals surface area (Å²) in [5.41, 5.74) is 1.57. The lowest BCUT2D eigenvalue weighted by Crippen LogP contribution is -2.48. The minimum absolute atomic E-state index is 0.0779. The maximum atomic E-state index is 14.9. The van der Waals surface area contributed by atoms with Crippen LogP contribution in [-0.4, -0.2) is 64.9 Å². The molecule has 0 saturated carbocycles. The number of nitrogens with one attached hydrogen (secondary N) is 1. The van der Waals surface area contributed by atoms with Crippen molar-refractivity contribution in [1.82, 2.24) is 18.6 Å². The normalized spacial score (nSPS) is 15.5. The number of fused-ring (bicyclic) bond motifs is 1.